The van der Waals surface area contributed by atoms with E-state index in [0.29, 0.717) is 19.6 Å². The van der Waals surface area contributed by atoms with Gasteiger partial charge in [0, 0.05) is 20.7 Å². The van der Waals surface area contributed by atoms with Gasteiger partial charge < -0.3 is 9.64 Å². The van der Waals surface area contributed by atoms with Crippen molar-refractivity contribution in [2.45, 2.75) is 26.3 Å². The summed E-state index contributed by atoms with van der Waals surface area (Å²) < 4.78 is 6.82. The zero-order valence-corrected chi connectivity index (χ0v) is 10.7. The molecule has 0 aromatic carbocycles. The number of methoxy groups -OCH3 is 1. The summed E-state index contributed by atoms with van der Waals surface area (Å²) in [5.41, 5.74) is 3.56. The number of carbonyl (C=O) groups excluding carboxylic acids is 1. The van der Waals surface area contributed by atoms with Gasteiger partial charge in [0.05, 0.1) is 31.0 Å². The zero-order chi connectivity index (χ0) is 12.4. The van der Waals surface area contributed by atoms with Crippen LogP contribution in [0, 0.1) is 6.92 Å². The largest absolute Gasteiger partial charge is 0.384 e. The second kappa shape index (κ2) is 4.87. The molecule has 0 unspecified atom stereocenters. The quantitative estimate of drug-likeness (QED) is 0.775. The van der Waals surface area contributed by atoms with Gasteiger partial charge in [-0.05, 0) is 18.9 Å². The fraction of sp³-hybridized carbons (Fsp3) is 0.667. The predicted octanol–water partition coefficient (Wildman–Crippen LogP) is 0.650. The molecule has 5 nitrogen and oxygen atoms in total. The summed E-state index contributed by atoms with van der Waals surface area (Å²) in [6.45, 7) is 3.99. The first kappa shape index (κ1) is 12.1. The molecular formula is C12H19N3O2. The molecule has 5 heteroatoms. The molecule has 0 fully saturated rings. The monoisotopic (exact) mass is 237 g/mol. The summed E-state index contributed by atoms with van der Waals surface area (Å²) in [6.07, 6.45) is 1.37. The van der Waals surface area contributed by atoms with Crippen LogP contribution in [0.3, 0.4) is 0 Å². The van der Waals surface area contributed by atoms with E-state index in [0.717, 1.165) is 18.7 Å². The van der Waals surface area contributed by atoms with Crippen LogP contribution in [0.5, 0.6) is 0 Å². The smallest absolute Gasteiger partial charge is 0.225 e. The Morgan fingerprint density at radius 2 is 2.29 bits per heavy atom. The molecule has 2 heterocycles. The lowest BCUT2D eigenvalue weighted by atomic mass is 10.0. The van der Waals surface area contributed by atoms with Crippen molar-refractivity contribution in [3.05, 3.63) is 17.0 Å². The van der Waals surface area contributed by atoms with Gasteiger partial charge in [-0.2, -0.15) is 5.10 Å². The molecule has 0 N–H and O–H groups in total. The molecule has 94 valence electrons. The van der Waals surface area contributed by atoms with E-state index in [2.05, 4.69) is 5.10 Å². The molecular weight excluding hydrogens is 218 g/mol. The Bertz CT molecular complexity index is 426. The summed E-state index contributed by atoms with van der Waals surface area (Å²) in [5, 5.41) is 4.40. The van der Waals surface area contributed by atoms with E-state index < -0.39 is 0 Å². The molecule has 0 radical (unpaired) electrons. The van der Waals surface area contributed by atoms with Gasteiger partial charge in [0.1, 0.15) is 0 Å². The fourth-order valence-corrected chi connectivity index (χ4v) is 2.34. The Morgan fingerprint density at radius 3 is 3.00 bits per heavy atom. The van der Waals surface area contributed by atoms with Crippen LogP contribution in [-0.2, 0) is 29.5 Å². The molecule has 17 heavy (non-hydrogen) atoms. The highest BCUT2D eigenvalue weighted by molar-refractivity contribution is 5.76. The van der Waals surface area contributed by atoms with Crippen LogP contribution in [-0.4, -0.2) is 40.8 Å². The van der Waals surface area contributed by atoms with Crippen molar-refractivity contribution in [3.8, 4) is 0 Å². The van der Waals surface area contributed by atoms with Crippen molar-refractivity contribution >= 4 is 5.91 Å². The third-order valence-electron chi connectivity index (χ3n) is 3.32. The highest BCUT2D eigenvalue weighted by Crippen LogP contribution is 2.21. The number of nitrogens with zero attached hydrogens (tertiary/aromatic N) is 3. The Labute approximate surface area is 101 Å². The Kier molecular flexibility index (Phi) is 3.47. The van der Waals surface area contributed by atoms with Crippen LogP contribution in [0.1, 0.15) is 23.4 Å². The number of ether oxygens (including phenoxy) is 1. The maximum absolute atomic E-state index is 11.9. The van der Waals surface area contributed by atoms with Crippen LogP contribution >= 0.6 is 0 Å². The van der Waals surface area contributed by atoms with E-state index in [1.54, 1.807) is 7.11 Å². The number of hydrogen-bond donors (Lipinski definition) is 0. The van der Waals surface area contributed by atoms with Crippen molar-refractivity contribution < 1.29 is 9.53 Å². The van der Waals surface area contributed by atoms with Crippen molar-refractivity contribution in [1.29, 1.82) is 0 Å². The number of hydrogen-bond acceptors (Lipinski definition) is 3. The van der Waals surface area contributed by atoms with Gasteiger partial charge in [0.15, 0.2) is 0 Å². The van der Waals surface area contributed by atoms with E-state index in [4.69, 9.17) is 4.74 Å². The van der Waals surface area contributed by atoms with Gasteiger partial charge in [-0.15, -0.1) is 0 Å². The molecule has 0 spiro atoms. The van der Waals surface area contributed by atoms with Crippen molar-refractivity contribution in [3.63, 3.8) is 0 Å². The van der Waals surface area contributed by atoms with Crippen molar-refractivity contribution in [1.82, 2.24) is 14.7 Å². The van der Waals surface area contributed by atoms with Gasteiger partial charge in [0.25, 0.3) is 0 Å². The maximum Gasteiger partial charge on any atom is 0.225 e. The number of amides is 1. The number of carbonyl (C=O) groups is 1. The first-order valence-corrected chi connectivity index (χ1v) is 5.91. The Morgan fingerprint density at radius 1 is 1.53 bits per heavy atom. The lowest BCUT2D eigenvalue weighted by molar-refractivity contribution is -0.133. The molecule has 1 aliphatic heterocycles. The highest BCUT2D eigenvalue weighted by atomic mass is 16.5. The number of aryl methyl sites for hydroxylation is 2. The SMILES string of the molecule is COCCC(=O)N1CCc2c(C)nn(C)c2C1. The van der Waals surface area contributed by atoms with E-state index in [1.807, 2.05) is 23.6 Å². The molecule has 1 aliphatic rings. The average Bonchev–Trinajstić information content (AvgIpc) is 2.61. The molecule has 1 aromatic heterocycles. The predicted molar refractivity (Wildman–Crippen MR) is 63.6 cm³/mol. The first-order valence-electron chi connectivity index (χ1n) is 5.91. The van der Waals surface area contributed by atoms with E-state index in [1.165, 1.54) is 11.3 Å². The maximum atomic E-state index is 11.9. The standard InChI is InChI=1S/C12H19N3O2/c1-9-10-4-6-15(12(16)5-7-17-3)8-11(10)14(2)13-9/h4-8H2,1-3H3. The Hall–Kier alpha value is -1.36. The minimum absolute atomic E-state index is 0.163. The average molecular weight is 237 g/mol. The molecule has 0 saturated carbocycles. The van der Waals surface area contributed by atoms with Gasteiger partial charge in [-0.3, -0.25) is 9.48 Å². The number of aromatic nitrogens is 2. The van der Waals surface area contributed by atoms with Gasteiger partial charge in [-0.25, -0.2) is 0 Å². The van der Waals surface area contributed by atoms with Crippen LogP contribution in [0.25, 0.3) is 0 Å². The van der Waals surface area contributed by atoms with Gasteiger partial charge in [-0.1, -0.05) is 0 Å². The fourth-order valence-electron chi connectivity index (χ4n) is 2.34. The second-order valence-corrected chi connectivity index (χ2v) is 4.44. The van der Waals surface area contributed by atoms with Crippen LogP contribution in [0.2, 0.25) is 0 Å². The summed E-state index contributed by atoms with van der Waals surface area (Å²) >= 11 is 0. The molecule has 0 aliphatic carbocycles. The molecule has 2 rings (SSSR count). The van der Waals surface area contributed by atoms with Crippen molar-refractivity contribution in [2.75, 3.05) is 20.3 Å². The molecule has 1 amide bonds. The molecule has 0 bridgehead atoms. The minimum atomic E-state index is 0.163. The highest BCUT2D eigenvalue weighted by Gasteiger charge is 2.24. The van der Waals surface area contributed by atoms with Gasteiger partial charge >= 0.3 is 0 Å². The first-order chi connectivity index (χ1) is 8.13. The molecule has 1 aromatic rings. The summed E-state index contributed by atoms with van der Waals surface area (Å²) in [7, 11) is 3.56. The summed E-state index contributed by atoms with van der Waals surface area (Å²) in [6, 6.07) is 0. The van der Waals surface area contributed by atoms with E-state index in [9.17, 15) is 4.79 Å². The van der Waals surface area contributed by atoms with Gasteiger partial charge in [0.2, 0.25) is 5.91 Å². The second-order valence-electron chi connectivity index (χ2n) is 4.44. The lowest BCUT2D eigenvalue weighted by Gasteiger charge is -2.27. The minimum Gasteiger partial charge on any atom is -0.384 e. The van der Waals surface area contributed by atoms with E-state index in [-0.39, 0.29) is 5.91 Å². The Balaban J connectivity index is 2.08. The molecule has 0 atom stereocenters. The topological polar surface area (TPSA) is 47.4 Å². The van der Waals surface area contributed by atoms with E-state index >= 15 is 0 Å². The van der Waals surface area contributed by atoms with Crippen LogP contribution < -0.4 is 0 Å². The third-order valence-corrected chi connectivity index (χ3v) is 3.32. The number of fused-ring (bicyclic) bond motifs is 1. The summed E-state index contributed by atoms with van der Waals surface area (Å²) in [4.78, 5) is 13.8. The third kappa shape index (κ3) is 2.34. The summed E-state index contributed by atoms with van der Waals surface area (Å²) in [5.74, 6) is 0.163. The lowest BCUT2D eigenvalue weighted by Crippen LogP contribution is -2.37. The number of rotatable bonds is 3. The zero-order valence-electron chi connectivity index (χ0n) is 10.7. The van der Waals surface area contributed by atoms with Crippen LogP contribution in [0.15, 0.2) is 0 Å². The normalized spacial score (nSPS) is 14.9. The van der Waals surface area contributed by atoms with Crippen LogP contribution in [0.4, 0.5) is 0 Å². The van der Waals surface area contributed by atoms with Crippen molar-refractivity contribution in [2.24, 2.45) is 7.05 Å². The molecule has 0 saturated heterocycles.